The van der Waals surface area contributed by atoms with E-state index < -0.39 is 11.1 Å². The second-order valence-electron chi connectivity index (χ2n) is 3.87. The summed E-state index contributed by atoms with van der Waals surface area (Å²) in [5.74, 6) is 1.39. The molecule has 0 amide bonds. The Morgan fingerprint density at radius 1 is 1.44 bits per heavy atom. The van der Waals surface area contributed by atoms with E-state index >= 15 is 0 Å². The van der Waals surface area contributed by atoms with Crippen LogP contribution in [0.3, 0.4) is 0 Å². The largest absolute Gasteiger partial charge is 0.493 e. The van der Waals surface area contributed by atoms with Crippen molar-refractivity contribution in [2.24, 2.45) is 5.73 Å². The van der Waals surface area contributed by atoms with E-state index in [1.807, 2.05) is 25.1 Å². The first-order chi connectivity index (χ1) is 8.56. The molecule has 0 aliphatic carbocycles. The second-order valence-corrected chi connectivity index (χ2v) is 4.85. The first-order valence-electron chi connectivity index (χ1n) is 5.69. The zero-order valence-corrected chi connectivity index (χ0v) is 11.4. The number of benzene rings is 1. The molecular formula is C12H19NO4S. The van der Waals surface area contributed by atoms with Crippen molar-refractivity contribution < 1.29 is 18.2 Å². The maximum atomic E-state index is 10.7. The van der Waals surface area contributed by atoms with Gasteiger partial charge in [-0.15, -0.1) is 0 Å². The molecule has 102 valence electrons. The highest BCUT2D eigenvalue weighted by Crippen LogP contribution is 2.28. The molecule has 0 fully saturated rings. The summed E-state index contributed by atoms with van der Waals surface area (Å²) >= 11 is -1.87. The van der Waals surface area contributed by atoms with Crippen LogP contribution in [0.4, 0.5) is 0 Å². The van der Waals surface area contributed by atoms with Gasteiger partial charge < -0.3 is 19.8 Å². The highest BCUT2D eigenvalue weighted by atomic mass is 32.2. The SMILES string of the molecule is CCOc1cc(C[C@H](N)CS(=O)O)ccc1OC. The van der Waals surface area contributed by atoms with Gasteiger partial charge in [-0.25, -0.2) is 4.21 Å². The maximum Gasteiger partial charge on any atom is 0.161 e. The summed E-state index contributed by atoms with van der Waals surface area (Å²) in [4.78, 5) is 0. The van der Waals surface area contributed by atoms with Crippen molar-refractivity contribution in [3.8, 4) is 11.5 Å². The molecule has 0 bridgehead atoms. The van der Waals surface area contributed by atoms with Gasteiger partial charge in [0, 0.05) is 6.04 Å². The first-order valence-corrected chi connectivity index (χ1v) is 6.97. The predicted octanol–water partition coefficient (Wildman–Crippen LogP) is 1.19. The Kier molecular flexibility index (Phi) is 6.11. The molecule has 1 aromatic rings. The van der Waals surface area contributed by atoms with Crippen LogP contribution in [0.1, 0.15) is 12.5 Å². The van der Waals surface area contributed by atoms with E-state index in [9.17, 15) is 4.21 Å². The van der Waals surface area contributed by atoms with Gasteiger partial charge in [0.05, 0.1) is 19.5 Å². The summed E-state index contributed by atoms with van der Waals surface area (Å²) in [6, 6.07) is 5.19. The number of methoxy groups -OCH3 is 1. The Morgan fingerprint density at radius 3 is 2.72 bits per heavy atom. The molecule has 0 spiro atoms. The normalized spacial score (nSPS) is 14.0. The fourth-order valence-electron chi connectivity index (χ4n) is 1.66. The van der Waals surface area contributed by atoms with Crippen LogP contribution < -0.4 is 15.2 Å². The summed E-state index contributed by atoms with van der Waals surface area (Å²) in [6.45, 7) is 2.44. The Hall–Kier alpha value is -1.11. The first kappa shape index (κ1) is 14.9. The van der Waals surface area contributed by atoms with Crippen molar-refractivity contribution in [2.45, 2.75) is 19.4 Å². The molecule has 0 heterocycles. The molecule has 0 aliphatic heterocycles. The standard InChI is InChI=1S/C12H19NO4S/c1-3-17-12-7-9(4-5-11(12)16-2)6-10(13)8-18(14)15/h4-5,7,10H,3,6,8,13H2,1-2H3,(H,14,15)/t10-/m0/s1. The van der Waals surface area contributed by atoms with E-state index in [4.69, 9.17) is 19.8 Å². The van der Waals surface area contributed by atoms with Gasteiger partial charge in [-0.05, 0) is 31.0 Å². The van der Waals surface area contributed by atoms with Crippen LogP contribution in [0.2, 0.25) is 0 Å². The Labute approximate surface area is 110 Å². The molecule has 1 aromatic carbocycles. The summed E-state index contributed by atoms with van der Waals surface area (Å²) in [5.41, 5.74) is 6.73. The topological polar surface area (TPSA) is 81.8 Å². The van der Waals surface area contributed by atoms with Crippen LogP contribution in [-0.2, 0) is 17.5 Å². The molecule has 3 N–H and O–H groups in total. The lowest BCUT2D eigenvalue weighted by Crippen LogP contribution is -2.29. The lowest BCUT2D eigenvalue weighted by molar-refractivity contribution is 0.310. The lowest BCUT2D eigenvalue weighted by atomic mass is 10.1. The summed E-state index contributed by atoms with van der Waals surface area (Å²) < 4.78 is 30.1. The molecule has 0 radical (unpaired) electrons. The minimum absolute atomic E-state index is 0.0655. The van der Waals surface area contributed by atoms with E-state index in [-0.39, 0.29) is 11.8 Å². The highest BCUT2D eigenvalue weighted by molar-refractivity contribution is 7.79. The summed E-state index contributed by atoms with van der Waals surface area (Å²) in [5, 5.41) is 0. The van der Waals surface area contributed by atoms with E-state index in [0.29, 0.717) is 24.5 Å². The van der Waals surface area contributed by atoms with Gasteiger partial charge in [-0.3, -0.25) is 0 Å². The van der Waals surface area contributed by atoms with Crippen LogP contribution in [0, 0.1) is 0 Å². The zero-order valence-electron chi connectivity index (χ0n) is 10.6. The summed E-state index contributed by atoms with van der Waals surface area (Å²) in [7, 11) is 1.58. The van der Waals surface area contributed by atoms with Crippen molar-refractivity contribution in [2.75, 3.05) is 19.5 Å². The minimum Gasteiger partial charge on any atom is -0.493 e. The van der Waals surface area contributed by atoms with Gasteiger partial charge in [0.2, 0.25) is 0 Å². The molecule has 0 aromatic heterocycles. The molecular weight excluding hydrogens is 254 g/mol. The van der Waals surface area contributed by atoms with Crippen LogP contribution >= 0.6 is 0 Å². The van der Waals surface area contributed by atoms with Gasteiger partial charge in [0.15, 0.2) is 22.6 Å². The number of rotatable bonds is 7. The third-order valence-corrected chi connectivity index (χ3v) is 3.10. The molecule has 0 aliphatic rings. The molecule has 5 nitrogen and oxygen atoms in total. The summed E-state index contributed by atoms with van der Waals surface area (Å²) in [6.07, 6.45) is 0.524. The molecule has 6 heteroatoms. The molecule has 18 heavy (non-hydrogen) atoms. The van der Waals surface area contributed by atoms with Crippen LogP contribution in [-0.4, -0.2) is 34.3 Å². The van der Waals surface area contributed by atoms with Crippen molar-refractivity contribution >= 4 is 11.1 Å². The third-order valence-electron chi connectivity index (χ3n) is 2.38. The smallest absolute Gasteiger partial charge is 0.161 e. The Balaban J connectivity index is 2.77. The zero-order chi connectivity index (χ0) is 13.5. The number of ether oxygens (including phenoxy) is 2. The average molecular weight is 273 g/mol. The van der Waals surface area contributed by atoms with E-state index in [1.54, 1.807) is 7.11 Å². The molecule has 1 rings (SSSR count). The Bertz CT molecular complexity index is 411. The maximum absolute atomic E-state index is 10.7. The fraction of sp³-hybridized carbons (Fsp3) is 0.500. The number of nitrogens with two attached hydrogens (primary N) is 1. The monoisotopic (exact) mass is 273 g/mol. The molecule has 2 atom stereocenters. The third kappa shape index (κ3) is 4.64. The quantitative estimate of drug-likeness (QED) is 0.729. The second kappa shape index (κ2) is 7.35. The van der Waals surface area contributed by atoms with E-state index in [1.165, 1.54) is 0 Å². The molecule has 0 saturated carbocycles. The van der Waals surface area contributed by atoms with Crippen LogP contribution in [0.5, 0.6) is 11.5 Å². The van der Waals surface area contributed by atoms with Crippen molar-refractivity contribution in [1.82, 2.24) is 0 Å². The predicted molar refractivity (Wildman–Crippen MR) is 71.5 cm³/mol. The average Bonchev–Trinajstić information content (AvgIpc) is 2.28. The minimum atomic E-state index is -1.87. The van der Waals surface area contributed by atoms with E-state index in [2.05, 4.69) is 0 Å². The van der Waals surface area contributed by atoms with Crippen LogP contribution in [0.25, 0.3) is 0 Å². The molecule has 0 saturated heterocycles. The van der Waals surface area contributed by atoms with Crippen molar-refractivity contribution in [3.05, 3.63) is 23.8 Å². The van der Waals surface area contributed by atoms with Gasteiger partial charge in [0.1, 0.15) is 0 Å². The van der Waals surface area contributed by atoms with Crippen molar-refractivity contribution in [1.29, 1.82) is 0 Å². The van der Waals surface area contributed by atoms with Gasteiger partial charge >= 0.3 is 0 Å². The fourth-order valence-corrected chi connectivity index (χ4v) is 2.15. The van der Waals surface area contributed by atoms with Gasteiger partial charge in [-0.2, -0.15) is 0 Å². The van der Waals surface area contributed by atoms with Crippen molar-refractivity contribution in [3.63, 3.8) is 0 Å². The number of hydrogen-bond donors (Lipinski definition) is 2. The lowest BCUT2D eigenvalue weighted by Gasteiger charge is -2.13. The van der Waals surface area contributed by atoms with Crippen LogP contribution in [0.15, 0.2) is 18.2 Å². The van der Waals surface area contributed by atoms with Gasteiger partial charge in [-0.1, -0.05) is 6.07 Å². The van der Waals surface area contributed by atoms with Gasteiger partial charge in [0.25, 0.3) is 0 Å². The van der Waals surface area contributed by atoms with E-state index in [0.717, 1.165) is 5.56 Å². The highest BCUT2D eigenvalue weighted by Gasteiger charge is 2.10. The number of hydrogen-bond acceptors (Lipinski definition) is 4. The Morgan fingerprint density at radius 2 is 2.17 bits per heavy atom. The molecule has 1 unspecified atom stereocenters.